The molecule has 128 valence electrons. The zero-order valence-electron chi connectivity index (χ0n) is 14.2. The van der Waals surface area contributed by atoms with Gasteiger partial charge in [-0.3, -0.25) is 0 Å². The maximum atomic E-state index is 12.5. The number of benzene rings is 2. The van der Waals surface area contributed by atoms with Gasteiger partial charge in [-0.1, -0.05) is 29.8 Å². The van der Waals surface area contributed by atoms with Gasteiger partial charge < -0.3 is 10.1 Å². The topological polar surface area (TPSA) is 64.1 Å². The summed E-state index contributed by atoms with van der Waals surface area (Å²) in [6, 6.07) is 12.9. The van der Waals surface area contributed by atoms with Crippen LogP contribution in [0.2, 0.25) is 5.02 Å². The third-order valence-electron chi connectivity index (χ3n) is 3.63. The first-order valence-corrected chi connectivity index (χ1v) is 8.33. The smallest absolute Gasteiger partial charge is 0.361 e. The van der Waals surface area contributed by atoms with Crippen molar-refractivity contribution in [1.29, 1.82) is 0 Å². The second-order valence-corrected chi connectivity index (χ2v) is 6.31. The normalized spacial score (nSPS) is 10.9. The highest BCUT2D eigenvalue weighted by Gasteiger charge is 2.20. The number of fused-ring (bicyclic) bond motifs is 1. The van der Waals surface area contributed by atoms with Crippen molar-refractivity contribution < 1.29 is 9.53 Å². The van der Waals surface area contributed by atoms with Gasteiger partial charge in [-0.15, -0.1) is 0 Å². The first-order valence-electron chi connectivity index (χ1n) is 7.95. The molecule has 0 saturated carbocycles. The number of aromatic nitrogens is 2. The fourth-order valence-electron chi connectivity index (χ4n) is 2.37. The average molecular weight is 356 g/mol. The van der Waals surface area contributed by atoms with E-state index in [2.05, 4.69) is 15.3 Å². The lowest BCUT2D eigenvalue weighted by Gasteiger charge is -2.14. The van der Waals surface area contributed by atoms with Gasteiger partial charge in [0.25, 0.3) is 0 Å². The fourth-order valence-corrected chi connectivity index (χ4v) is 2.54. The molecule has 0 atom stereocenters. The standard InChI is InChI=1S/C19H18ClN3O2/c1-11(2)25-19(24)17-18(22-14-10-6-7-13(20)12(14)3)23-16-9-5-4-8-15(16)21-17/h4-11H,1-3H3,(H,22,23). The number of anilines is 2. The van der Waals surface area contributed by atoms with E-state index in [1.807, 2.05) is 49.4 Å². The summed E-state index contributed by atoms with van der Waals surface area (Å²) >= 11 is 6.18. The average Bonchev–Trinajstić information content (AvgIpc) is 2.57. The van der Waals surface area contributed by atoms with Crippen molar-refractivity contribution in [2.24, 2.45) is 0 Å². The molecule has 0 radical (unpaired) electrons. The van der Waals surface area contributed by atoms with Gasteiger partial charge in [-0.2, -0.15) is 0 Å². The first-order chi connectivity index (χ1) is 12.0. The Bertz CT molecular complexity index is 941. The van der Waals surface area contributed by atoms with Crippen molar-refractivity contribution in [3.05, 3.63) is 58.7 Å². The third kappa shape index (κ3) is 3.72. The summed E-state index contributed by atoms with van der Waals surface area (Å²) in [5.74, 6) is -0.176. The molecule has 0 aliphatic heterocycles. The van der Waals surface area contributed by atoms with Gasteiger partial charge in [0.15, 0.2) is 11.5 Å². The molecule has 0 saturated heterocycles. The maximum Gasteiger partial charge on any atom is 0.361 e. The van der Waals surface area contributed by atoms with E-state index in [1.165, 1.54) is 0 Å². The molecule has 5 nitrogen and oxygen atoms in total. The summed E-state index contributed by atoms with van der Waals surface area (Å²) < 4.78 is 5.31. The molecule has 0 bridgehead atoms. The number of rotatable bonds is 4. The Morgan fingerprint density at radius 2 is 1.76 bits per heavy atom. The monoisotopic (exact) mass is 355 g/mol. The van der Waals surface area contributed by atoms with Crippen molar-refractivity contribution in [3.63, 3.8) is 0 Å². The fraction of sp³-hybridized carbons (Fsp3) is 0.211. The van der Waals surface area contributed by atoms with Crippen molar-refractivity contribution >= 4 is 40.1 Å². The van der Waals surface area contributed by atoms with E-state index in [0.29, 0.717) is 21.9 Å². The number of carbonyl (C=O) groups excluding carboxylic acids is 1. The minimum absolute atomic E-state index is 0.145. The molecule has 0 spiro atoms. The third-order valence-corrected chi connectivity index (χ3v) is 4.04. The predicted octanol–water partition coefficient (Wildman–Crippen LogP) is 4.90. The lowest BCUT2D eigenvalue weighted by atomic mass is 10.2. The minimum Gasteiger partial charge on any atom is -0.458 e. The number of nitrogens with zero attached hydrogens (tertiary/aromatic N) is 2. The Balaban J connectivity index is 2.10. The first kappa shape index (κ1) is 17.2. The highest BCUT2D eigenvalue weighted by molar-refractivity contribution is 6.31. The molecule has 6 heteroatoms. The molecule has 3 aromatic rings. The number of ether oxygens (including phenoxy) is 1. The van der Waals surface area contributed by atoms with Gasteiger partial charge in [0.2, 0.25) is 0 Å². The number of esters is 1. The van der Waals surface area contributed by atoms with Crippen LogP contribution < -0.4 is 5.32 Å². The van der Waals surface area contributed by atoms with Gasteiger partial charge >= 0.3 is 5.97 Å². The molecule has 2 aromatic carbocycles. The van der Waals surface area contributed by atoms with Crippen molar-refractivity contribution in [1.82, 2.24) is 9.97 Å². The molecule has 0 fully saturated rings. The van der Waals surface area contributed by atoms with Crippen LogP contribution in [0.25, 0.3) is 11.0 Å². The van der Waals surface area contributed by atoms with Crippen molar-refractivity contribution in [3.8, 4) is 0 Å². The number of para-hydroxylation sites is 2. The zero-order valence-corrected chi connectivity index (χ0v) is 15.0. The van der Waals surface area contributed by atoms with Crippen LogP contribution in [0.15, 0.2) is 42.5 Å². The highest BCUT2D eigenvalue weighted by Crippen LogP contribution is 2.28. The van der Waals surface area contributed by atoms with Gasteiger partial charge in [-0.05, 0) is 50.6 Å². The number of hydrogen-bond acceptors (Lipinski definition) is 5. The Hall–Kier alpha value is -2.66. The summed E-state index contributed by atoms with van der Waals surface area (Å²) in [5.41, 5.74) is 3.09. The van der Waals surface area contributed by atoms with E-state index < -0.39 is 5.97 Å². The van der Waals surface area contributed by atoms with Crippen LogP contribution in [0.3, 0.4) is 0 Å². The zero-order chi connectivity index (χ0) is 18.0. The molecule has 1 heterocycles. The van der Waals surface area contributed by atoms with E-state index >= 15 is 0 Å². The Morgan fingerprint density at radius 1 is 1.08 bits per heavy atom. The number of halogens is 1. The van der Waals surface area contributed by atoms with Gasteiger partial charge in [0.05, 0.1) is 17.1 Å². The van der Waals surface area contributed by atoms with Gasteiger partial charge in [-0.25, -0.2) is 14.8 Å². The van der Waals surface area contributed by atoms with Crippen molar-refractivity contribution in [2.75, 3.05) is 5.32 Å². The Labute approximate surface area is 151 Å². The number of carbonyl (C=O) groups is 1. The summed E-state index contributed by atoms with van der Waals surface area (Å²) in [6.45, 7) is 5.48. The van der Waals surface area contributed by atoms with Crippen LogP contribution in [0.5, 0.6) is 0 Å². The van der Waals surface area contributed by atoms with Crippen LogP contribution in [0.4, 0.5) is 11.5 Å². The molecule has 1 N–H and O–H groups in total. The van der Waals surface area contributed by atoms with Gasteiger partial charge in [0.1, 0.15) is 0 Å². The Morgan fingerprint density at radius 3 is 2.44 bits per heavy atom. The number of hydrogen-bond donors (Lipinski definition) is 1. The Kier molecular flexibility index (Phi) is 4.86. The van der Waals surface area contributed by atoms with Crippen LogP contribution in [0.1, 0.15) is 29.9 Å². The van der Waals surface area contributed by atoms with E-state index in [9.17, 15) is 4.79 Å². The largest absolute Gasteiger partial charge is 0.458 e. The van der Waals surface area contributed by atoms with Gasteiger partial charge in [0, 0.05) is 10.7 Å². The van der Waals surface area contributed by atoms with E-state index in [-0.39, 0.29) is 11.8 Å². The molecule has 1 aromatic heterocycles. The van der Waals surface area contributed by atoms with Crippen LogP contribution in [-0.2, 0) is 4.74 Å². The predicted molar refractivity (Wildman–Crippen MR) is 99.6 cm³/mol. The molecule has 3 rings (SSSR count). The summed E-state index contributed by atoms with van der Waals surface area (Å²) in [6.07, 6.45) is -0.249. The summed E-state index contributed by atoms with van der Waals surface area (Å²) in [4.78, 5) is 21.5. The van der Waals surface area contributed by atoms with Crippen LogP contribution in [-0.4, -0.2) is 22.0 Å². The number of nitrogens with one attached hydrogen (secondary N) is 1. The molecule has 25 heavy (non-hydrogen) atoms. The molecule has 0 unspecified atom stereocenters. The molecule has 0 aliphatic rings. The van der Waals surface area contributed by atoms with Crippen molar-refractivity contribution in [2.45, 2.75) is 26.9 Å². The van der Waals surface area contributed by atoms with E-state index in [4.69, 9.17) is 16.3 Å². The summed E-state index contributed by atoms with van der Waals surface area (Å²) in [7, 11) is 0. The van der Waals surface area contributed by atoms with E-state index in [1.54, 1.807) is 13.8 Å². The summed E-state index contributed by atoms with van der Waals surface area (Å²) in [5, 5.41) is 3.80. The second kappa shape index (κ2) is 7.07. The molecule has 0 amide bonds. The highest BCUT2D eigenvalue weighted by atomic mass is 35.5. The maximum absolute atomic E-state index is 12.5. The minimum atomic E-state index is -0.518. The lowest BCUT2D eigenvalue weighted by Crippen LogP contribution is -2.16. The quantitative estimate of drug-likeness (QED) is 0.674. The van der Waals surface area contributed by atoms with Crippen LogP contribution in [0, 0.1) is 6.92 Å². The molecule has 0 aliphatic carbocycles. The molecular formula is C19H18ClN3O2. The van der Waals surface area contributed by atoms with E-state index in [0.717, 1.165) is 11.3 Å². The van der Waals surface area contributed by atoms with Crippen LogP contribution >= 0.6 is 11.6 Å². The SMILES string of the molecule is Cc1c(Cl)cccc1Nc1nc2ccccc2nc1C(=O)OC(C)C. The second-order valence-electron chi connectivity index (χ2n) is 5.90. The molecular weight excluding hydrogens is 338 g/mol. The lowest BCUT2D eigenvalue weighted by molar-refractivity contribution is 0.0372.